The SMILES string of the molecule is CC=CC(=O)N1CCCCC(n2c(NC(=O)c3ccnc(C)c3)nc3cc(CN4CCCC4)cc(C)c32)C1. The lowest BCUT2D eigenvalue weighted by Gasteiger charge is -2.26. The summed E-state index contributed by atoms with van der Waals surface area (Å²) in [4.78, 5) is 39.8. The van der Waals surface area contributed by atoms with Crippen LogP contribution in [0.1, 0.15) is 72.2 Å². The van der Waals surface area contributed by atoms with E-state index in [1.165, 1.54) is 18.4 Å². The highest BCUT2D eigenvalue weighted by molar-refractivity contribution is 6.04. The molecular formula is C30H38N6O2. The van der Waals surface area contributed by atoms with Crippen LogP contribution in [0.2, 0.25) is 0 Å². The summed E-state index contributed by atoms with van der Waals surface area (Å²) in [6, 6.07) is 7.94. The number of hydrogen-bond donors (Lipinski definition) is 1. The van der Waals surface area contributed by atoms with Crippen LogP contribution in [0, 0.1) is 13.8 Å². The molecule has 5 rings (SSSR count). The van der Waals surface area contributed by atoms with Crippen LogP contribution in [-0.2, 0) is 11.3 Å². The van der Waals surface area contributed by atoms with E-state index in [9.17, 15) is 9.59 Å². The first-order valence-corrected chi connectivity index (χ1v) is 13.8. The first kappa shape index (κ1) is 26.1. The van der Waals surface area contributed by atoms with E-state index in [2.05, 4.69) is 38.8 Å². The molecule has 2 aliphatic rings. The molecule has 8 nitrogen and oxygen atoms in total. The van der Waals surface area contributed by atoms with Crippen LogP contribution in [0.4, 0.5) is 5.95 Å². The molecule has 4 heterocycles. The van der Waals surface area contributed by atoms with Gasteiger partial charge in [-0.1, -0.05) is 12.1 Å². The van der Waals surface area contributed by atoms with E-state index in [1.54, 1.807) is 30.5 Å². The number of amides is 2. The molecule has 1 atom stereocenters. The number of pyridine rings is 1. The van der Waals surface area contributed by atoms with Gasteiger partial charge in [0.2, 0.25) is 11.9 Å². The summed E-state index contributed by atoms with van der Waals surface area (Å²) in [5.74, 6) is 0.356. The summed E-state index contributed by atoms with van der Waals surface area (Å²) < 4.78 is 2.18. The fourth-order valence-electron chi connectivity index (χ4n) is 5.88. The van der Waals surface area contributed by atoms with Gasteiger partial charge in [0.05, 0.1) is 17.1 Å². The van der Waals surface area contributed by atoms with Crippen molar-refractivity contribution in [1.29, 1.82) is 0 Å². The van der Waals surface area contributed by atoms with E-state index >= 15 is 0 Å². The lowest BCUT2D eigenvalue weighted by atomic mass is 10.1. The Morgan fingerprint density at radius 2 is 1.87 bits per heavy atom. The number of anilines is 1. The minimum Gasteiger partial charge on any atom is -0.337 e. The van der Waals surface area contributed by atoms with Crippen molar-refractivity contribution in [3.05, 3.63) is 65.0 Å². The topological polar surface area (TPSA) is 83.4 Å². The van der Waals surface area contributed by atoms with E-state index in [0.717, 1.165) is 67.7 Å². The normalized spacial score (nSPS) is 18.8. The van der Waals surface area contributed by atoms with Gasteiger partial charge in [0.15, 0.2) is 0 Å². The fraction of sp³-hybridized carbons (Fsp3) is 0.467. The highest BCUT2D eigenvalue weighted by atomic mass is 16.2. The number of fused-ring (bicyclic) bond motifs is 1. The van der Waals surface area contributed by atoms with Crippen LogP contribution >= 0.6 is 0 Å². The molecule has 200 valence electrons. The van der Waals surface area contributed by atoms with Crippen LogP contribution < -0.4 is 5.32 Å². The fourth-order valence-corrected chi connectivity index (χ4v) is 5.88. The predicted octanol–water partition coefficient (Wildman–Crippen LogP) is 5.03. The molecule has 2 aliphatic heterocycles. The lowest BCUT2D eigenvalue weighted by Crippen LogP contribution is -2.34. The zero-order valence-corrected chi connectivity index (χ0v) is 22.7. The standard InChI is InChI=1S/C30H38N6O2/c1-4-9-27(37)35-15-6-5-10-25(20-35)36-28-21(2)16-23(19-34-13-7-8-14-34)18-26(28)32-30(36)33-29(38)24-11-12-31-22(3)17-24/h4,9,11-12,16-18,25H,5-8,10,13-15,19-20H2,1-3H3,(H,32,33,38). The third kappa shape index (κ3) is 5.65. The molecule has 1 unspecified atom stereocenters. The number of aromatic nitrogens is 3. The Labute approximate surface area is 224 Å². The van der Waals surface area contributed by atoms with Crippen molar-refractivity contribution in [2.24, 2.45) is 0 Å². The van der Waals surface area contributed by atoms with Crippen molar-refractivity contribution in [3.63, 3.8) is 0 Å². The number of imidazole rings is 1. The highest BCUT2D eigenvalue weighted by Gasteiger charge is 2.28. The average molecular weight is 515 g/mol. The van der Waals surface area contributed by atoms with E-state index in [4.69, 9.17) is 4.98 Å². The number of nitrogens with one attached hydrogen (secondary N) is 1. The number of carbonyl (C=O) groups is 2. The maximum absolute atomic E-state index is 13.3. The second kappa shape index (κ2) is 11.5. The molecule has 2 aromatic heterocycles. The molecule has 8 heteroatoms. The third-order valence-corrected chi connectivity index (χ3v) is 7.66. The van der Waals surface area contributed by atoms with Gasteiger partial charge in [-0.2, -0.15) is 0 Å². The summed E-state index contributed by atoms with van der Waals surface area (Å²) in [5, 5.41) is 3.11. The summed E-state index contributed by atoms with van der Waals surface area (Å²) in [5.41, 5.74) is 5.64. The Balaban J connectivity index is 1.55. The Kier molecular flexibility index (Phi) is 7.88. The molecule has 2 fully saturated rings. The molecule has 0 saturated carbocycles. The maximum atomic E-state index is 13.3. The summed E-state index contributed by atoms with van der Waals surface area (Å²) in [7, 11) is 0. The lowest BCUT2D eigenvalue weighted by molar-refractivity contribution is -0.126. The third-order valence-electron chi connectivity index (χ3n) is 7.66. The summed E-state index contributed by atoms with van der Waals surface area (Å²) >= 11 is 0. The molecule has 0 radical (unpaired) electrons. The number of carbonyl (C=O) groups excluding carboxylic acids is 2. The van der Waals surface area contributed by atoms with Gasteiger partial charge >= 0.3 is 0 Å². The first-order valence-electron chi connectivity index (χ1n) is 13.8. The van der Waals surface area contributed by atoms with Gasteiger partial charge in [0.25, 0.3) is 5.91 Å². The van der Waals surface area contributed by atoms with E-state index < -0.39 is 0 Å². The number of likely N-dealkylation sites (tertiary alicyclic amines) is 2. The largest absolute Gasteiger partial charge is 0.337 e. The summed E-state index contributed by atoms with van der Waals surface area (Å²) in [6.07, 6.45) is 10.5. The van der Waals surface area contributed by atoms with Crippen LogP contribution in [0.3, 0.4) is 0 Å². The average Bonchev–Trinajstić information content (AvgIpc) is 3.45. The quantitative estimate of drug-likeness (QED) is 0.467. The molecule has 0 aliphatic carbocycles. The molecule has 0 bridgehead atoms. The van der Waals surface area contributed by atoms with Gasteiger partial charge in [0.1, 0.15) is 0 Å². The van der Waals surface area contributed by atoms with Crippen LogP contribution in [-0.4, -0.2) is 62.3 Å². The number of allylic oxidation sites excluding steroid dienone is 1. The molecule has 3 aromatic rings. The smallest absolute Gasteiger partial charge is 0.258 e. The van der Waals surface area contributed by atoms with Crippen LogP contribution in [0.5, 0.6) is 0 Å². The molecule has 0 spiro atoms. The van der Waals surface area contributed by atoms with Crippen molar-refractivity contribution >= 4 is 28.8 Å². The predicted molar refractivity (Wildman–Crippen MR) is 150 cm³/mol. The molecule has 1 aromatic carbocycles. The van der Waals surface area contributed by atoms with E-state index in [-0.39, 0.29) is 17.9 Å². The van der Waals surface area contributed by atoms with Gasteiger partial charge in [-0.05, 0) is 101 Å². The van der Waals surface area contributed by atoms with Gasteiger partial charge in [0, 0.05) is 37.1 Å². The van der Waals surface area contributed by atoms with Crippen molar-refractivity contribution < 1.29 is 9.59 Å². The zero-order valence-electron chi connectivity index (χ0n) is 22.7. The van der Waals surface area contributed by atoms with Gasteiger partial charge < -0.3 is 9.47 Å². The molecule has 2 amide bonds. The van der Waals surface area contributed by atoms with Crippen LogP contribution in [0.15, 0.2) is 42.6 Å². The number of hydrogen-bond acceptors (Lipinski definition) is 5. The Hall–Kier alpha value is -3.52. The second-order valence-corrected chi connectivity index (χ2v) is 10.6. The number of aryl methyl sites for hydroxylation is 2. The highest BCUT2D eigenvalue weighted by Crippen LogP contribution is 2.33. The van der Waals surface area contributed by atoms with E-state index in [0.29, 0.717) is 18.1 Å². The van der Waals surface area contributed by atoms with E-state index in [1.807, 2.05) is 18.7 Å². The Morgan fingerprint density at radius 3 is 2.63 bits per heavy atom. The van der Waals surface area contributed by atoms with Crippen molar-refractivity contribution in [3.8, 4) is 0 Å². The van der Waals surface area contributed by atoms with Gasteiger partial charge in [-0.15, -0.1) is 0 Å². The second-order valence-electron chi connectivity index (χ2n) is 10.6. The zero-order chi connectivity index (χ0) is 26.6. The minimum atomic E-state index is -0.211. The van der Waals surface area contributed by atoms with Crippen LogP contribution in [0.25, 0.3) is 11.0 Å². The number of benzene rings is 1. The minimum absolute atomic E-state index is 0.00862. The Bertz CT molecular complexity index is 1350. The van der Waals surface area contributed by atoms with Crippen molar-refractivity contribution in [1.82, 2.24) is 24.3 Å². The van der Waals surface area contributed by atoms with Crippen molar-refractivity contribution in [2.75, 3.05) is 31.5 Å². The molecule has 38 heavy (non-hydrogen) atoms. The summed E-state index contributed by atoms with van der Waals surface area (Å²) in [6.45, 7) is 10.4. The number of rotatable bonds is 6. The number of nitrogens with zero attached hydrogens (tertiary/aromatic N) is 5. The molecular weight excluding hydrogens is 476 g/mol. The molecule has 1 N–H and O–H groups in total. The maximum Gasteiger partial charge on any atom is 0.258 e. The van der Waals surface area contributed by atoms with Crippen molar-refractivity contribution in [2.45, 2.75) is 65.5 Å². The van der Waals surface area contributed by atoms with Gasteiger partial charge in [-0.25, -0.2) is 4.98 Å². The monoisotopic (exact) mass is 514 g/mol. The Morgan fingerprint density at radius 1 is 1.08 bits per heavy atom. The molecule has 2 saturated heterocycles. The first-order chi connectivity index (χ1) is 18.4. The van der Waals surface area contributed by atoms with Gasteiger partial charge in [-0.3, -0.25) is 24.8 Å².